The number of halogens is 3. The van der Waals surface area contributed by atoms with Crippen molar-refractivity contribution in [3.8, 4) is 0 Å². The van der Waals surface area contributed by atoms with Crippen molar-refractivity contribution >= 4 is 18.3 Å². The first-order valence-electron chi connectivity index (χ1n) is 7.12. The van der Waals surface area contributed by atoms with Crippen molar-refractivity contribution in [2.75, 3.05) is 19.8 Å². The average molecular weight is 335 g/mol. The van der Waals surface area contributed by atoms with E-state index in [-0.39, 0.29) is 24.2 Å². The minimum atomic E-state index is -0.616. The van der Waals surface area contributed by atoms with Crippen LogP contribution in [0.4, 0.5) is 8.78 Å². The van der Waals surface area contributed by atoms with E-state index in [9.17, 15) is 13.6 Å². The van der Waals surface area contributed by atoms with Crippen LogP contribution < -0.4 is 11.1 Å². The third-order valence-corrected chi connectivity index (χ3v) is 3.71. The number of hydrogen-bond acceptors (Lipinski definition) is 3. The predicted molar refractivity (Wildman–Crippen MR) is 81.8 cm³/mol. The summed E-state index contributed by atoms with van der Waals surface area (Å²) in [6.45, 7) is 1.57. The Bertz CT molecular complexity index is 476. The van der Waals surface area contributed by atoms with Crippen molar-refractivity contribution in [1.82, 2.24) is 5.32 Å². The van der Waals surface area contributed by atoms with Gasteiger partial charge in [-0.05, 0) is 42.9 Å². The Kier molecular flexibility index (Phi) is 7.72. The van der Waals surface area contributed by atoms with E-state index in [0.29, 0.717) is 31.7 Å². The van der Waals surface area contributed by atoms with E-state index < -0.39 is 17.7 Å². The normalized spacial score (nSPS) is 16.7. The van der Waals surface area contributed by atoms with Gasteiger partial charge in [-0.25, -0.2) is 8.78 Å². The van der Waals surface area contributed by atoms with E-state index in [4.69, 9.17) is 10.5 Å². The lowest BCUT2D eigenvalue weighted by molar-refractivity contribution is -0.124. The zero-order valence-electron chi connectivity index (χ0n) is 12.2. The second-order valence-corrected chi connectivity index (χ2v) is 5.29. The summed E-state index contributed by atoms with van der Waals surface area (Å²) in [5, 5.41) is 2.72. The lowest BCUT2D eigenvalue weighted by Gasteiger charge is -2.26. The van der Waals surface area contributed by atoms with Crippen molar-refractivity contribution in [2.45, 2.75) is 25.3 Å². The molecular formula is C15H21ClF2N2O2. The monoisotopic (exact) mass is 334 g/mol. The molecule has 124 valence electrons. The zero-order valence-corrected chi connectivity index (χ0v) is 13.0. The van der Waals surface area contributed by atoms with Crippen LogP contribution in [0.15, 0.2) is 18.2 Å². The second-order valence-electron chi connectivity index (χ2n) is 5.29. The fourth-order valence-corrected chi connectivity index (χ4v) is 2.49. The molecule has 0 radical (unpaired) electrons. The number of benzene rings is 1. The molecule has 0 bridgehead atoms. The van der Waals surface area contributed by atoms with Gasteiger partial charge < -0.3 is 15.8 Å². The lowest BCUT2D eigenvalue weighted by atomic mass is 9.92. The number of nitrogens with two attached hydrogens (primary N) is 1. The molecule has 0 aliphatic carbocycles. The van der Waals surface area contributed by atoms with Gasteiger partial charge in [0.15, 0.2) is 0 Å². The van der Waals surface area contributed by atoms with Gasteiger partial charge in [-0.3, -0.25) is 4.79 Å². The van der Waals surface area contributed by atoms with Crippen molar-refractivity contribution in [2.24, 2.45) is 11.7 Å². The minimum Gasteiger partial charge on any atom is -0.381 e. The predicted octanol–water partition coefficient (Wildman–Crippen LogP) is 1.80. The van der Waals surface area contributed by atoms with Crippen molar-refractivity contribution < 1.29 is 18.3 Å². The Morgan fingerprint density at radius 2 is 1.86 bits per heavy atom. The Morgan fingerprint density at radius 3 is 2.45 bits per heavy atom. The standard InChI is InChI=1S/C15H20F2N2O2.ClH/c16-12-7-10(8-13(17)9-12)1-4-19-15(20)14(18)11-2-5-21-6-3-11;/h7-9,11,14H,1-6,18H2,(H,19,20);1H. The van der Waals surface area contributed by atoms with Crippen molar-refractivity contribution in [3.05, 3.63) is 35.4 Å². The highest BCUT2D eigenvalue weighted by Gasteiger charge is 2.26. The van der Waals surface area contributed by atoms with Gasteiger partial charge in [0.2, 0.25) is 5.91 Å². The molecular weight excluding hydrogens is 314 g/mol. The fraction of sp³-hybridized carbons (Fsp3) is 0.533. The Morgan fingerprint density at radius 1 is 1.27 bits per heavy atom. The molecule has 22 heavy (non-hydrogen) atoms. The first kappa shape index (κ1) is 18.8. The molecule has 1 aromatic rings. The van der Waals surface area contributed by atoms with Crippen LogP contribution in [-0.2, 0) is 16.0 Å². The van der Waals surface area contributed by atoms with Crippen LogP contribution in [-0.4, -0.2) is 31.7 Å². The highest BCUT2D eigenvalue weighted by molar-refractivity contribution is 5.85. The summed E-state index contributed by atoms with van der Waals surface area (Å²) < 4.78 is 31.3. The Balaban J connectivity index is 0.00000242. The Labute approximate surface area is 134 Å². The molecule has 2 rings (SSSR count). The van der Waals surface area contributed by atoms with Gasteiger partial charge in [0.1, 0.15) is 11.6 Å². The van der Waals surface area contributed by atoms with E-state index in [2.05, 4.69) is 5.32 Å². The number of ether oxygens (including phenoxy) is 1. The average Bonchev–Trinajstić information content (AvgIpc) is 2.46. The molecule has 7 heteroatoms. The first-order valence-corrected chi connectivity index (χ1v) is 7.12. The highest BCUT2D eigenvalue weighted by atomic mass is 35.5. The lowest BCUT2D eigenvalue weighted by Crippen LogP contribution is -2.47. The molecule has 3 N–H and O–H groups in total. The second kappa shape index (κ2) is 9.02. The minimum absolute atomic E-state index is 0. The van der Waals surface area contributed by atoms with Crippen LogP contribution in [0.1, 0.15) is 18.4 Å². The smallest absolute Gasteiger partial charge is 0.237 e. The van der Waals surface area contributed by atoms with E-state index >= 15 is 0 Å². The molecule has 0 spiro atoms. The molecule has 1 aliphatic rings. The summed E-state index contributed by atoms with van der Waals surface area (Å²) in [7, 11) is 0. The molecule has 1 fully saturated rings. The first-order chi connectivity index (χ1) is 10.1. The van der Waals surface area contributed by atoms with Gasteiger partial charge >= 0.3 is 0 Å². The van der Waals surface area contributed by atoms with Crippen LogP contribution in [0, 0.1) is 17.6 Å². The molecule has 0 saturated carbocycles. The van der Waals surface area contributed by atoms with Crippen molar-refractivity contribution in [3.63, 3.8) is 0 Å². The third-order valence-electron chi connectivity index (χ3n) is 3.71. The van der Waals surface area contributed by atoms with E-state index in [1.807, 2.05) is 0 Å². The van der Waals surface area contributed by atoms with Gasteiger partial charge in [-0.1, -0.05) is 0 Å². The molecule has 1 aromatic carbocycles. The summed E-state index contributed by atoms with van der Waals surface area (Å²) in [4.78, 5) is 11.9. The number of nitrogens with one attached hydrogen (secondary N) is 1. The SMILES string of the molecule is Cl.NC(C(=O)NCCc1cc(F)cc(F)c1)C1CCOCC1. The molecule has 0 aromatic heterocycles. The maximum atomic E-state index is 13.0. The van der Waals surface area contributed by atoms with Gasteiger partial charge in [0.05, 0.1) is 6.04 Å². The summed E-state index contributed by atoms with van der Waals surface area (Å²) in [6.07, 6.45) is 1.92. The summed E-state index contributed by atoms with van der Waals surface area (Å²) >= 11 is 0. The largest absolute Gasteiger partial charge is 0.381 e. The van der Waals surface area contributed by atoms with Gasteiger partial charge in [0, 0.05) is 25.8 Å². The maximum absolute atomic E-state index is 13.0. The van der Waals surface area contributed by atoms with Gasteiger partial charge in [-0.2, -0.15) is 0 Å². The molecule has 1 unspecified atom stereocenters. The van der Waals surface area contributed by atoms with Gasteiger partial charge in [0.25, 0.3) is 0 Å². The summed E-state index contributed by atoms with van der Waals surface area (Å²) in [6, 6.07) is 2.78. The highest BCUT2D eigenvalue weighted by Crippen LogP contribution is 2.17. The molecule has 4 nitrogen and oxygen atoms in total. The van der Waals surface area contributed by atoms with Crippen LogP contribution in [0.3, 0.4) is 0 Å². The number of amides is 1. The quantitative estimate of drug-likeness (QED) is 0.863. The number of carbonyl (C=O) groups excluding carboxylic acids is 1. The van der Waals surface area contributed by atoms with Gasteiger partial charge in [-0.15, -0.1) is 12.4 Å². The van der Waals surface area contributed by atoms with E-state index in [1.165, 1.54) is 12.1 Å². The summed E-state index contributed by atoms with van der Waals surface area (Å²) in [5.74, 6) is -1.32. The van der Waals surface area contributed by atoms with Crippen molar-refractivity contribution in [1.29, 1.82) is 0 Å². The molecule has 1 aliphatic heterocycles. The maximum Gasteiger partial charge on any atom is 0.237 e. The van der Waals surface area contributed by atoms with Crippen LogP contribution in [0.5, 0.6) is 0 Å². The number of hydrogen-bond donors (Lipinski definition) is 2. The van der Waals surface area contributed by atoms with Crippen LogP contribution >= 0.6 is 12.4 Å². The molecule has 1 heterocycles. The topological polar surface area (TPSA) is 64.4 Å². The van der Waals surface area contributed by atoms with E-state index in [1.54, 1.807) is 0 Å². The van der Waals surface area contributed by atoms with Crippen LogP contribution in [0.25, 0.3) is 0 Å². The Hall–Kier alpha value is -1.24. The summed E-state index contributed by atoms with van der Waals surface area (Å²) in [5.41, 5.74) is 6.44. The number of rotatable bonds is 5. The fourth-order valence-electron chi connectivity index (χ4n) is 2.49. The van der Waals surface area contributed by atoms with E-state index in [0.717, 1.165) is 18.9 Å². The molecule has 1 saturated heterocycles. The third kappa shape index (κ3) is 5.51. The molecule has 1 atom stereocenters. The zero-order chi connectivity index (χ0) is 15.2. The van der Waals surface area contributed by atoms with Crippen LogP contribution in [0.2, 0.25) is 0 Å². The number of carbonyl (C=O) groups is 1. The molecule has 1 amide bonds.